The number of likely N-dealkylation sites (tertiary alicyclic amines) is 1. The van der Waals surface area contributed by atoms with Crippen LogP contribution in [0.15, 0.2) is 24.3 Å². The van der Waals surface area contributed by atoms with Crippen molar-refractivity contribution in [2.24, 2.45) is 0 Å². The number of piperidine rings is 1. The number of carboxylic acids is 1. The van der Waals surface area contributed by atoms with E-state index < -0.39 is 11.6 Å². The highest BCUT2D eigenvalue weighted by Crippen LogP contribution is 2.39. The highest BCUT2D eigenvalue weighted by Gasteiger charge is 2.29. The van der Waals surface area contributed by atoms with Crippen molar-refractivity contribution < 1.29 is 24.2 Å². The second kappa shape index (κ2) is 7.15. The van der Waals surface area contributed by atoms with Crippen molar-refractivity contribution in [3.8, 4) is 5.75 Å². The second-order valence-electron chi connectivity index (χ2n) is 7.35. The van der Waals surface area contributed by atoms with E-state index in [2.05, 4.69) is 0 Å². The summed E-state index contributed by atoms with van der Waals surface area (Å²) in [6.07, 6.45) is 0.846. The van der Waals surface area contributed by atoms with Crippen LogP contribution >= 0.6 is 11.3 Å². The van der Waals surface area contributed by atoms with Crippen molar-refractivity contribution in [1.82, 2.24) is 4.90 Å². The van der Waals surface area contributed by atoms with E-state index in [0.29, 0.717) is 31.7 Å². The molecule has 1 saturated heterocycles. The van der Waals surface area contributed by atoms with Crippen molar-refractivity contribution in [1.29, 1.82) is 0 Å². The first-order valence-corrected chi connectivity index (χ1v) is 9.45. The summed E-state index contributed by atoms with van der Waals surface area (Å²) in [5, 5.41) is 10.3. The lowest BCUT2D eigenvalue weighted by molar-refractivity contribution is 0.0127. The molecule has 0 radical (unpaired) electrons. The molecular formula is C19H23NO5S. The minimum Gasteiger partial charge on any atom is -0.488 e. The van der Waals surface area contributed by atoms with Crippen LogP contribution in [0.4, 0.5) is 4.79 Å². The number of fused-ring (bicyclic) bond motifs is 1. The van der Waals surface area contributed by atoms with Gasteiger partial charge in [0.05, 0.1) is 0 Å². The molecule has 1 aromatic carbocycles. The number of carboxylic acid groups (broad SMARTS) is 1. The van der Waals surface area contributed by atoms with Crippen LogP contribution in [-0.2, 0) is 4.74 Å². The molecule has 140 valence electrons. The molecule has 7 heteroatoms. The second-order valence-corrected chi connectivity index (χ2v) is 8.40. The number of hydrogen-bond acceptors (Lipinski definition) is 5. The largest absolute Gasteiger partial charge is 0.488 e. The third-order valence-electron chi connectivity index (χ3n) is 4.12. The number of benzene rings is 1. The van der Waals surface area contributed by atoms with Gasteiger partial charge in [0.2, 0.25) is 0 Å². The third-order valence-corrected chi connectivity index (χ3v) is 5.26. The first-order chi connectivity index (χ1) is 12.2. The molecule has 26 heavy (non-hydrogen) atoms. The zero-order valence-corrected chi connectivity index (χ0v) is 16.0. The predicted octanol–water partition coefficient (Wildman–Crippen LogP) is 4.38. The number of carbonyl (C=O) groups is 2. The van der Waals surface area contributed by atoms with Crippen molar-refractivity contribution >= 4 is 33.5 Å². The van der Waals surface area contributed by atoms with E-state index in [-0.39, 0.29) is 17.1 Å². The van der Waals surface area contributed by atoms with Gasteiger partial charge in [0, 0.05) is 36.0 Å². The fraction of sp³-hybridized carbons (Fsp3) is 0.474. The Morgan fingerprint density at radius 2 is 1.85 bits per heavy atom. The van der Waals surface area contributed by atoms with Gasteiger partial charge < -0.3 is 19.5 Å². The highest BCUT2D eigenvalue weighted by atomic mass is 32.1. The molecule has 1 amide bonds. The topological polar surface area (TPSA) is 76.1 Å². The maximum Gasteiger partial charge on any atom is 0.410 e. The van der Waals surface area contributed by atoms with Crippen molar-refractivity contribution in [3.63, 3.8) is 0 Å². The first-order valence-electron chi connectivity index (χ1n) is 8.64. The molecular weight excluding hydrogens is 354 g/mol. The number of aromatic carboxylic acids is 1. The molecule has 0 unspecified atom stereocenters. The van der Waals surface area contributed by atoms with Crippen LogP contribution in [0.3, 0.4) is 0 Å². The SMILES string of the molecule is CC(C)(C)OC(=O)N1CCC(Oc2c(C(=O)O)sc3ccccc23)CC1. The Kier molecular flexibility index (Phi) is 5.09. The Hall–Kier alpha value is -2.28. The monoisotopic (exact) mass is 377 g/mol. The van der Waals surface area contributed by atoms with Crippen LogP contribution < -0.4 is 4.74 Å². The van der Waals surface area contributed by atoms with Crippen molar-refractivity contribution in [2.45, 2.75) is 45.3 Å². The van der Waals surface area contributed by atoms with E-state index in [9.17, 15) is 14.7 Å². The van der Waals surface area contributed by atoms with Crippen molar-refractivity contribution in [3.05, 3.63) is 29.1 Å². The zero-order chi connectivity index (χ0) is 18.9. The normalized spacial score (nSPS) is 15.9. The Balaban J connectivity index is 1.69. The number of amides is 1. The molecule has 1 N–H and O–H groups in total. The van der Waals surface area contributed by atoms with E-state index in [1.807, 2.05) is 45.0 Å². The minimum atomic E-state index is -0.979. The average Bonchev–Trinajstić information content (AvgIpc) is 2.93. The molecule has 2 aromatic rings. The summed E-state index contributed by atoms with van der Waals surface area (Å²) in [5.74, 6) is -0.541. The van der Waals surface area contributed by atoms with Crippen LogP contribution in [0.25, 0.3) is 10.1 Å². The summed E-state index contributed by atoms with van der Waals surface area (Å²) in [6, 6.07) is 7.53. The number of rotatable bonds is 3. The van der Waals surface area contributed by atoms with E-state index in [0.717, 1.165) is 10.1 Å². The summed E-state index contributed by atoms with van der Waals surface area (Å²) in [4.78, 5) is 25.6. The van der Waals surface area contributed by atoms with Gasteiger partial charge in [-0.25, -0.2) is 9.59 Å². The number of hydrogen-bond donors (Lipinski definition) is 1. The van der Waals surface area contributed by atoms with Gasteiger partial charge in [0.15, 0.2) is 10.6 Å². The predicted molar refractivity (Wildman–Crippen MR) is 100 cm³/mol. The van der Waals surface area contributed by atoms with E-state index in [4.69, 9.17) is 9.47 Å². The smallest absolute Gasteiger partial charge is 0.410 e. The third kappa shape index (κ3) is 4.09. The molecule has 0 saturated carbocycles. The molecule has 1 fully saturated rings. The first kappa shape index (κ1) is 18.5. The molecule has 0 spiro atoms. The van der Waals surface area contributed by atoms with Gasteiger partial charge in [0.25, 0.3) is 0 Å². The Morgan fingerprint density at radius 1 is 1.19 bits per heavy atom. The summed E-state index contributed by atoms with van der Waals surface area (Å²) in [7, 11) is 0. The molecule has 1 aromatic heterocycles. The fourth-order valence-corrected chi connectivity index (χ4v) is 3.90. The highest BCUT2D eigenvalue weighted by molar-refractivity contribution is 7.21. The quantitative estimate of drug-likeness (QED) is 0.859. The molecule has 0 bridgehead atoms. The van der Waals surface area contributed by atoms with E-state index >= 15 is 0 Å². The van der Waals surface area contributed by atoms with Gasteiger partial charge >= 0.3 is 12.1 Å². The van der Waals surface area contributed by atoms with Crippen LogP contribution in [-0.4, -0.2) is 46.9 Å². The van der Waals surface area contributed by atoms with Gasteiger partial charge in [-0.05, 0) is 32.9 Å². The molecule has 0 aliphatic carbocycles. The summed E-state index contributed by atoms with van der Waals surface area (Å²) < 4.78 is 12.4. The van der Waals surface area contributed by atoms with Gasteiger partial charge in [-0.2, -0.15) is 0 Å². The van der Waals surface area contributed by atoms with Crippen LogP contribution in [0.5, 0.6) is 5.75 Å². The lowest BCUT2D eigenvalue weighted by Crippen LogP contribution is -2.44. The van der Waals surface area contributed by atoms with E-state index in [1.165, 1.54) is 11.3 Å². The lowest BCUT2D eigenvalue weighted by Gasteiger charge is -2.33. The molecule has 0 atom stereocenters. The average molecular weight is 377 g/mol. The molecule has 1 aliphatic rings. The summed E-state index contributed by atoms with van der Waals surface area (Å²) >= 11 is 1.22. The molecule has 6 nitrogen and oxygen atoms in total. The van der Waals surface area contributed by atoms with Crippen molar-refractivity contribution in [2.75, 3.05) is 13.1 Å². The summed E-state index contributed by atoms with van der Waals surface area (Å²) in [6.45, 7) is 6.59. The van der Waals surface area contributed by atoms with Crippen LogP contribution in [0.1, 0.15) is 43.3 Å². The summed E-state index contributed by atoms with van der Waals surface area (Å²) in [5.41, 5.74) is -0.517. The van der Waals surface area contributed by atoms with Gasteiger partial charge in [-0.15, -0.1) is 11.3 Å². The fourth-order valence-electron chi connectivity index (χ4n) is 2.93. The maximum absolute atomic E-state index is 12.1. The van der Waals surface area contributed by atoms with Crippen LogP contribution in [0.2, 0.25) is 0 Å². The number of carbonyl (C=O) groups excluding carboxylic acids is 1. The lowest BCUT2D eigenvalue weighted by atomic mass is 10.1. The standard InChI is InChI=1S/C19H23NO5S/c1-19(2,3)25-18(23)20-10-8-12(9-11-20)24-15-13-6-4-5-7-14(13)26-16(15)17(21)22/h4-7,12H,8-11H2,1-3H3,(H,21,22). The number of ether oxygens (including phenoxy) is 2. The Bertz CT molecular complexity index is 815. The van der Waals surface area contributed by atoms with E-state index in [1.54, 1.807) is 4.90 Å². The molecule has 1 aliphatic heterocycles. The number of thiophene rings is 1. The zero-order valence-electron chi connectivity index (χ0n) is 15.2. The number of nitrogens with zero attached hydrogens (tertiary/aromatic N) is 1. The van der Waals surface area contributed by atoms with Crippen LogP contribution in [0, 0.1) is 0 Å². The van der Waals surface area contributed by atoms with Gasteiger partial charge in [0.1, 0.15) is 11.7 Å². The van der Waals surface area contributed by atoms with Gasteiger partial charge in [-0.1, -0.05) is 12.1 Å². The maximum atomic E-state index is 12.1. The Labute approximate surface area is 156 Å². The van der Waals surface area contributed by atoms with Gasteiger partial charge in [-0.3, -0.25) is 0 Å². The Morgan fingerprint density at radius 3 is 2.46 bits per heavy atom. The minimum absolute atomic E-state index is 0.121. The molecule has 2 heterocycles. The molecule has 3 rings (SSSR count).